The van der Waals surface area contributed by atoms with Crippen LogP contribution in [0.15, 0.2) is 54.6 Å². The number of unbranched alkanes of at least 4 members (excludes halogenated alkanes) is 1. The van der Waals surface area contributed by atoms with Crippen LogP contribution < -0.4 is 0 Å². The molecule has 2 aromatic carbocycles. The highest BCUT2D eigenvalue weighted by atomic mass is 16.5. The van der Waals surface area contributed by atoms with Gasteiger partial charge in [-0.1, -0.05) is 75.6 Å². The Bertz CT molecular complexity index is 587. The van der Waals surface area contributed by atoms with Crippen LogP contribution in [0, 0.1) is 0 Å². The van der Waals surface area contributed by atoms with Crippen molar-refractivity contribution in [3.8, 4) is 11.1 Å². The van der Waals surface area contributed by atoms with Crippen molar-refractivity contribution < 1.29 is 9.53 Å². The van der Waals surface area contributed by atoms with Crippen LogP contribution in [0.3, 0.4) is 0 Å². The first-order valence-electron chi connectivity index (χ1n) is 8.61. The van der Waals surface area contributed by atoms with Gasteiger partial charge in [0.1, 0.15) is 6.10 Å². The predicted molar refractivity (Wildman–Crippen MR) is 95.5 cm³/mol. The second kappa shape index (κ2) is 9.14. The minimum Gasteiger partial charge on any atom is -0.459 e. The summed E-state index contributed by atoms with van der Waals surface area (Å²) in [5.41, 5.74) is 2.89. The summed E-state index contributed by atoms with van der Waals surface area (Å²) < 4.78 is 5.69. The van der Waals surface area contributed by atoms with E-state index in [1.807, 2.05) is 42.5 Å². The van der Waals surface area contributed by atoms with Crippen molar-refractivity contribution in [2.24, 2.45) is 0 Å². The average Bonchev–Trinajstić information content (AvgIpc) is 2.60. The molecule has 0 aliphatic heterocycles. The summed E-state index contributed by atoms with van der Waals surface area (Å²) in [6.45, 7) is 4.29. The molecule has 0 bridgehead atoms. The first-order chi connectivity index (χ1) is 11.2. The number of carbonyl (C=O) groups excluding carboxylic acids is 1. The van der Waals surface area contributed by atoms with E-state index in [-0.39, 0.29) is 12.1 Å². The number of ether oxygens (including phenoxy) is 1. The van der Waals surface area contributed by atoms with E-state index in [2.05, 4.69) is 26.0 Å². The zero-order valence-electron chi connectivity index (χ0n) is 14.1. The van der Waals surface area contributed by atoms with Gasteiger partial charge in [-0.2, -0.15) is 0 Å². The second-order valence-corrected chi connectivity index (χ2v) is 5.90. The number of esters is 1. The molecule has 2 aromatic rings. The summed E-state index contributed by atoms with van der Waals surface area (Å²) in [5.74, 6) is -0.209. The summed E-state index contributed by atoms with van der Waals surface area (Å²) >= 11 is 0. The van der Waals surface area contributed by atoms with E-state index < -0.39 is 0 Å². The molecule has 1 unspecified atom stereocenters. The zero-order valence-corrected chi connectivity index (χ0v) is 14.1. The number of hydrogen-bond acceptors (Lipinski definition) is 2. The molecule has 0 radical (unpaired) electrons. The van der Waals surface area contributed by atoms with E-state index in [1.165, 1.54) is 0 Å². The first-order valence-corrected chi connectivity index (χ1v) is 8.61. The molecule has 0 saturated heterocycles. The van der Waals surface area contributed by atoms with Crippen molar-refractivity contribution in [1.29, 1.82) is 0 Å². The Morgan fingerprint density at radius 3 is 2.13 bits per heavy atom. The lowest BCUT2D eigenvalue weighted by atomic mass is 10.0. The van der Waals surface area contributed by atoms with Crippen molar-refractivity contribution in [2.45, 2.75) is 52.1 Å². The Kier molecular flexibility index (Phi) is 6.86. The lowest BCUT2D eigenvalue weighted by Gasteiger charge is -2.17. The van der Waals surface area contributed by atoms with Gasteiger partial charge in [0, 0.05) is 0 Å². The van der Waals surface area contributed by atoms with Gasteiger partial charge in [-0.25, -0.2) is 4.79 Å². The molecule has 0 aliphatic carbocycles. The summed E-state index contributed by atoms with van der Waals surface area (Å²) in [7, 11) is 0. The summed E-state index contributed by atoms with van der Waals surface area (Å²) in [5, 5.41) is 0. The third-order valence-electron chi connectivity index (χ3n) is 3.99. The Labute approximate surface area is 139 Å². The van der Waals surface area contributed by atoms with Gasteiger partial charge >= 0.3 is 5.97 Å². The highest BCUT2D eigenvalue weighted by Crippen LogP contribution is 2.20. The third kappa shape index (κ3) is 5.24. The fourth-order valence-electron chi connectivity index (χ4n) is 2.66. The molecule has 0 amide bonds. The lowest BCUT2D eigenvalue weighted by Crippen LogP contribution is -2.18. The molecule has 0 aromatic heterocycles. The van der Waals surface area contributed by atoms with Crippen LogP contribution in [0.25, 0.3) is 11.1 Å². The first kappa shape index (κ1) is 17.3. The Hall–Kier alpha value is -2.09. The Balaban J connectivity index is 2.01. The van der Waals surface area contributed by atoms with E-state index in [1.54, 1.807) is 0 Å². The monoisotopic (exact) mass is 310 g/mol. The predicted octanol–water partition coefficient (Wildman–Crippen LogP) is 5.87. The molecular weight excluding hydrogens is 284 g/mol. The zero-order chi connectivity index (χ0) is 16.5. The molecule has 0 aliphatic rings. The van der Waals surface area contributed by atoms with Crippen molar-refractivity contribution in [3.05, 3.63) is 60.2 Å². The molecule has 122 valence electrons. The number of rotatable bonds is 8. The molecular formula is C21H26O2. The fraction of sp³-hybridized carbons (Fsp3) is 0.381. The second-order valence-electron chi connectivity index (χ2n) is 5.90. The van der Waals surface area contributed by atoms with E-state index in [0.717, 1.165) is 43.2 Å². The van der Waals surface area contributed by atoms with Gasteiger partial charge in [0.25, 0.3) is 0 Å². The summed E-state index contributed by atoms with van der Waals surface area (Å²) in [4.78, 5) is 12.3. The normalized spacial score (nSPS) is 11.9. The van der Waals surface area contributed by atoms with Gasteiger partial charge in [0.05, 0.1) is 5.56 Å². The molecule has 2 rings (SSSR count). The molecule has 0 saturated carbocycles. The maximum Gasteiger partial charge on any atom is 0.338 e. The quantitative estimate of drug-likeness (QED) is 0.570. The van der Waals surface area contributed by atoms with Gasteiger partial charge in [-0.15, -0.1) is 0 Å². The van der Waals surface area contributed by atoms with Crippen molar-refractivity contribution in [1.82, 2.24) is 0 Å². The van der Waals surface area contributed by atoms with Gasteiger partial charge in [0.2, 0.25) is 0 Å². The minimum atomic E-state index is -0.209. The Morgan fingerprint density at radius 1 is 0.870 bits per heavy atom. The third-order valence-corrected chi connectivity index (χ3v) is 3.99. The molecule has 0 heterocycles. The van der Waals surface area contributed by atoms with E-state index in [4.69, 9.17) is 4.74 Å². The molecule has 23 heavy (non-hydrogen) atoms. The van der Waals surface area contributed by atoms with Crippen LogP contribution in [0.5, 0.6) is 0 Å². The topological polar surface area (TPSA) is 26.3 Å². The minimum absolute atomic E-state index is 0.0428. The molecule has 2 heteroatoms. The molecule has 0 fully saturated rings. The van der Waals surface area contributed by atoms with Gasteiger partial charge < -0.3 is 4.74 Å². The molecule has 1 atom stereocenters. The average molecular weight is 310 g/mol. The van der Waals surface area contributed by atoms with Gasteiger partial charge in [-0.3, -0.25) is 0 Å². The van der Waals surface area contributed by atoms with Crippen LogP contribution in [0.1, 0.15) is 56.3 Å². The van der Waals surface area contributed by atoms with E-state index in [0.29, 0.717) is 5.56 Å². The van der Waals surface area contributed by atoms with Crippen LogP contribution >= 0.6 is 0 Å². The molecule has 0 spiro atoms. The lowest BCUT2D eigenvalue weighted by molar-refractivity contribution is 0.0255. The Morgan fingerprint density at radius 2 is 1.52 bits per heavy atom. The van der Waals surface area contributed by atoms with Crippen LogP contribution in [0.4, 0.5) is 0 Å². The van der Waals surface area contributed by atoms with Crippen molar-refractivity contribution in [3.63, 3.8) is 0 Å². The highest BCUT2D eigenvalue weighted by Gasteiger charge is 2.15. The van der Waals surface area contributed by atoms with Crippen molar-refractivity contribution >= 4 is 5.97 Å². The summed E-state index contributed by atoms with van der Waals surface area (Å²) in [6.07, 6.45) is 5.20. The number of hydrogen-bond donors (Lipinski definition) is 0. The van der Waals surface area contributed by atoms with Crippen LogP contribution in [-0.4, -0.2) is 12.1 Å². The number of carbonyl (C=O) groups is 1. The maximum atomic E-state index is 12.3. The smallest absolute Gasteiger partial charge is 0.338 e. The van der Waals surface area contributed by atoms with E-state index >= 15 is 0 Å². The van der Waals surface area contributed by atoms with Gasteiger partial charge in [-0.05, 0) is 36.1 Å². The number of benzene rings is 2. The standard InChI is InChI=1S/C21H26O2/c1-3-5-12-20(9-4-2)23-21(22)19-15-13-18(14-16-19)17-10-7-6-8-11-17/h6-8,10-11,13-16,20H,3-5,9,12H2,1-2H3. The van der Waals surface area contributed by atoms with Crippen LogP contribution in [0.2, 0.25) is 0 Å². The fourth-order valence-corrected chi connectivity index (χ4v) is 2.66. The van der Waals surface area contributed by atoms with E-state index in [9.17, 15) is 4.79 Å². The SMILES string of the molecule is CCCCC(CCC)OC(=O)c1ccc(-c2ccccc2)cc1. The maximum absolute atomic E-state index is 12.3. The van der Waals surface area contributed by atoms with Crippen molar-refractivity contribution in [2.75, 3.05) is 0 Å². The largest absolute Gasteiger partial charge is 0.459 e. The summed E-state index contributed by atoms with van der Waals surface area (Å²) in [6, 6.07) is 17.8. The molecule has 2 nitrogen and oxygen atoms in total. The molecule has 0 N–H and O–H groups in total. The highest BCUT2D eigenvalue weighted by molar-refractivity contribution is 5.90. The van der Waals surface area contributed by atoms with Gasteiger partial charge in [0.15, 0.2) is 0 Å². The van der Waals surface area contributed by atoms with Crippen LogP contribution in [-0.2, 0) is 4.74 Å².